The predicted molar refractivity (Wildman–Crippen MR) is 156 cm³/mol. The molecule has 9 heteroatoms. The summed E-state index contributed by atoms with van der Waals surface area (Å²) in [5.74, 6) is -0.500. The largest absolute Gasteiger partial charge is 0.573 e. The van der Waals surface area contributed by atoms with Crippen LogP contribution in [0, 0.1) is 12.8 Å². The molecule has 2 aromatic rings. The highest BCUT2D eigenvalue weighted by Gasteiger charge is 2.36. The number of hydrogen-bond acceptors (Lipinski definition) is 6. The van der Waals surface area contributed by atoms with Gasteiger partial charge in [0.15, 0.2) is 0 Å². The fourth-order valence-corrected chi connectivity index (χ4v) is 4.79. The second-order valence-electron chi connectivity index (χ2n) is 11.2. The number of aliphatic hydroxyl groups excluding tert-OH is 2. The fourth-order valence-electron chi connectivity index (χ4n) is 4.79. The Kier molecular flexibility index (Phi) is 12.2. The zero-order chi connectivity index (χ0) is 31.0. The molecule has 41 heavy (non-hydrogen) atoms. The number of ether oxygens (including phenoxy) is 2. The Morgan fingerprint density at radius 1 is 1.17 bits per heavy atom. The van der Waals surface area contributed by atoms with Crippen LogP contribution >= 0.6 is 0 Å². The normalized spacial score (nSPS) is 17.7. The lowest BCUT2D eigenvalue weighted by atomic mass is 9.68. The van der Waals surface area contributed by atoms with E-state index in [9.17, 15) is 28.2 Å². The van der Waals surface area contributed by atoms with E-state index in [2.05, 4.69) is 30.2 Å². The van der Waals surface area contributed by atoms with Gasteiger partial charge in [0, 0.05) is 18.2 Å². The molecular weight excluding hydrogens is 535 g/mol. The summed E-state index contributed by atoms with van der Waals surface area (Å²) in [5.41, 5.74) is 3.21. The van der Waals surface area contributed by atoms with Crippen molar-refractivity contribution in [2.45, 2.75) is 91.2 Å². The van der Waals surface area contributed by atoms with Crippen LogP contribution in [0.1, 0.15) is 89.0 Å². The van der Waals surface area contributed by atoms with Gasteiger partial charge < -0.3 is 19.7 Å². The van der Waals surface area contributed by atoms with Crippen molar-refractivity contribution in [1.82, 2.24) is 0 Å². The maximum Gasteiger partial charge on any atom is 0.573 e. The number of rotatable bonds is 9. The number of carbonyl (C=O) groups excluding carboxylic acids is 1. The van der Waals surface area contributed by atoms with E-state index in [-0.39, 0.29) is 30.0 Å². The Balaban J connectivity index is 0.00000187. The van der Waals surface area contributed by atoms with Gasteiger partial charge in [-0.15, -0.1) is 13.2 Å². The van der Waals surface area contributed by atoms with Crippen LogP contribution in [0.2, 0.25) is 0 Å². The van der Waals surface area contributed by atoms with E-state index in [0.717, 1.165) is 11.1 Å². The number of allylic oxidation sites excluding steroid dienone is 1. The monoisotopic (exact) mass is 577 g/mol. The van der Waals surface area contributed by atoms with Gasteiger partial charge in [-0.05, 0) is 86.8 Å². The van der Waals surface area contributed by atoms with Crippen molar-refractivity contribution in [3.05, 3.63) is 59.7 Å². The molecule has 0 amide bonds. The van der Waals surface area contributed by atoms with Gasteiger partial charge in [-0.25, -0.2) is 0 Å². The molecular formula is C32H42F3NO5. The molecule has 1 aliphatic carbocycles. The van der Waals surface area contributed by atoms with Gasteiger partial charge in [0.2, 0.25) is 0 Å². The Bertz CT molecular complexity index is 1190. The maximum atomic E-state index is 12.6. The summed E-state index contributed by atoms with van der Waals surface area (Å²) in [4.78, 5) is 16.8. The van der Waals surface area contributed by atoms with Gasteiger partial charge in [0.25, 0.3) is 0 Å². The quantitative estimate of drug-likeness (QED) is 0.232. The molecule has 6 nitrogen and oxygen atoms in total. The summed E-state index contributed by atoms with van der Waals surface area (Å²) < 4.78 is 47.3. The van der Waals surface area contributed by atoms with E-state index in [1.807, 2.05) is 26.8 Å². The molecule has 1 atom stereocenters. The van der Waals surface area contributed by atoms with Crippen LogP contribution in [0.5, 0.6) is 5.75 Å². The van der Waals surface area contributed by atoms with Crippen LogP contribution in [-0.2, 0) is 9.53 Å². The van der Waals surface area contributed by atoms with Crippen molar-refractivity contribution in [2.24, 2.45) is 10.9 Å². The Morgan fingerprint density at radius 3 is 2.24 bits per heavy atom. The van der Waals surface area contributed by atoms with Crippen LogP contribution < -0.4 is 4.74 Å². The molecule has 226 valence electrons. The lowest BCUT2D eigenvalue weighted by molar-refractivity contribution is -0.274. The van der Waals surface area contributed by atoms with Crippen LogP contribution in [0.25, 0.3) is 11.1 Å². The molecule has 0 heterocycles. The topological polar surface area (TPSA) is 88.4 Å². The minimum atomic E-state index is -4.79. The Hall–Kier alpha value is -3.17. The highest BCUT2D eigenvalue weighted by Crippen LogP contribution is 2.50. The molecule has 1 aliphatic rings. The highest BCUT2D eigenvalue weighted by molar-refractivity contribution is 5.81. The molecule has 0 aromatic heterocycles. The predicted octanol–water partition coefficient (Wildman–Crippen LogP) is 8.12. The third-order valence-corrected chi connectivity index (χ3v) is 6.39. The summed E-state index contributed by atoms with van der Waals surface area (Å²) in [6, 6.07) is 7.44. The van der Waals surface area contributed by atoms with E-state index in [1.54, 1.807) is 6.92 Å². The maximum absolute atomic E-state index is 12.6. The van der Waals surface area contributed by atoms with E-state index < -0.39 is 24.7 Å². The third-order valence-electron chi connectivity index (χ3n) is 6.39. The summed E-state index contributed by atoms with van der Waals surface area (Å²) in [5, 5.41) is 20.6. The summed E-state index contributed by atoms with van der Waals surface area (Å²) >= 11 is 0. The van der Waals surface area contributed by atoms with E-state index in [4.69, 9.17) is 4.74 Å². The molecule has 2 N–H and O–H groups in total. The van der Waals surface area contributed by atoms with Crippen LogP contribution in [0.15, 0.2) is 48.0 Å². The lowest BCUT2D eigenvalue weighted by Gasteiger charge is -2.38. The standard InChI is InChI=1S/C29H34F3NO5.C3H8/c1-6-11-33-27-17(2)22(19-7-9-21(10-8-19)37-29(30,31)32)15-23(26(27)24(35)16-34)20-12-18(13-20)14-25(36)38-28(3,4)5;1-3-2/h6-11,15,18,20,24,34-35H,1,12-14,16H2,2-5H3;3H2,1-2H3. The second kappa shape index (κ2) is 14.6. The van der Waals surface area contributed by atoms with Crippen molar-refractivity contribution in [3.8, 4) is 16.9 Å². The van der Waals surface area contributed by atoms with Gasteiger partial charge in [-0.1, -0.05) is 51.1 Å². The molecule has 1 fully saturated rings. The van der Waals surface area contributed by atoms with Crippen molar-refractivity contribution in [1.29, 1.82) is 0 Å². The van der Waals surface area contributed by atoms with E-state index in [0.29, 0.717) is 35.2 Å². The fraction of sp³-hybridized carbons (Fsp3) is 0.500. The van der Waals surface area contributed by atoms with Crippen molar-refractivity contribution < 1.29 is 37.7 Å². The van der Waals surface area contributed by atoms with Crippen LogP contribution in [0.4, 0.5) is 18.9 Å². The van der Waals surface area contributed by atoms with Gasteiger partial charge >= 0.3 is 12.3 Å². The summed E-state index contributed by atoms with van der Waals surface area (Å²) in [6.45, 7) is 14.6. The van der Waals surface area contributed by atoms with E-state index in [1.165, 1.54) is 43.0 Å². The molecule has 1 saturated carbocycles. The molecule has 0 bridgehead atoms. The summed E-state index contributed by atoms with van der Waals surface area (Å²) in [6.07, 6.45) is -0.125. The minimum absolute atomic E-state index is 0.0106. The molecule has 2 aromatic carbocycles. The third kappa shape index (κ3) is 10.0. The van der Waals surface area contributed by atoms with Gasteiger partial charge in [0.05, 0.1) is 12.3 Å². The smallest absolute Gasteiger partial charge is 0.460 e. The molecule has 0 saturated heterocycles. The highest BCUT2D eigenvalue weighted by atomic mass is 19.4. The lowest BCUT2D eigenvalue weighted by Crippen LogP contribution is -2.30. The van der Waals surface area contributed by atoms with Crippen molar-refractivity contribution in [2.75, 3.05) is 6.61 Å². The van der Waals surface area contributed by atoms with Crippen molar-refractivity contribution >= 4 is 17.9 Å². The number of halogens is 3. The number of nitrogens with zero attached hydrogens (tertiary/aromatic N) is 1. The number of alkyl halides is 3. The zero-order valence-electron chi connectivity index (χ0n) is 24.7. The van der Waals surface area contributed by atoms with Gasteiger partial charge in [0.1, 0.15) is 17.5 Å². The average Bonchev–Trinajstić information content (AvgIpc) is 2.84. The average molecular weight is 578 g/mol. The molecule has 0 spiro atoms. The number of carbonyl (C=O) groups is 1. The first kappa shape index (κ1) is 34.0. The number of aliphatic hydroxyl groups is 2. The number of esters is 1. The first-order valence-electron chi connectivity index (χ1n) is 13.8. The Labute approximate surface area is 240 Å². The minimum Gasteiger partial charge on any atom is -0.460 e. The molecule has 1 unspecified atom stereocenters. The van der Waals surface area contributed by atoms with Crippen molar-refractivity contribution in [3.63, 3.8) is 0 Å². The van der Waals surface area contributed by atoms with Crippen LogP contribution in [-0.4, -0.2) is 41.0 Å². The van der Waals surface area contributed by atoms with Crippen LogP contribution in [0.3, 0.4) is 0 Å². The number of benzene rings is 2. The molecule has 0 radical (unpaired) electrons. The summed E-state index contributed by atoms with van der Waals surface area (Å²) in [7, 11) is 0. The number of hydrogen-bond donors (Lipinski definition) is 2. The SMILES string of the molecule is C=CC=Nc1c(C)c(-c2ccc(OC(F)(F)F)cc2)cc(C2CC(CC(=O)OC(C)(C)C)C2)c1C(O)CO.CCC. The molecule has 3 rings (SSSR count). The van der Waals surface area contributed by atoms with Gasteiger partial charge in [-0.2, -0.15) is 0 Å². The first-order chi connectivity index (χ1) is 19.1. The van der Waals surface area contributed by atoms with E-state index >= 15 is 0 Å². The zero-order valence-corrected chi connectivity index (χ0v) is 24.7. The van der Waals surface area contributed by atoms with Gasteiger partial charge in [-0.3, -0.25) is 9.79 Å². The second-order valence-corrected chi connectivity index (χ2v) is 11.2. The Morgan fingerprint density at radius 2 is 1.76 bits per heavy atom. The molecule has 0 aliphatic heterocycles. The first-order valence-corrected chi connectivity index (χ1v) is 13.8. The number of aliphatic imine (C=N–C) groups is 1.